The molecule has 1 N–H and O–H groups in total. The molecule has 0 amide bonds. The van der Waals surface area contributed by atoms with E-state index in [0.29, 0.717) is 0 Å². The Kier molecular flexibility index (Phi) is 1.55. The van der Waals surface area contributed by atoms with Gasteiger partial charge in [0.25, 0.3) is 0 Å². The van der Waals surface area contributed by atoms with E-state index in [-0.39, 0.29) is 16.5 Å². The van der Waals surface area contributed by atoms with Crippen LogP contribution in [0.25, 0.3) is 11.0 Å². The largest absolute Gasteiger partial charge is 0.478 e. The van der Waals surface area contributed by atoms with Crippen LogP contribution in [0, 0.1) is 5.82 Å². The van der Waals surface area contributed by atoms with Crippen LogP contribution in [0.4, 0.5) is 4.39 Å². The molecule has 0 atom stereocenters. The second-order valence-corrected chi connectivity index (χ2v) is 2.57. The minimum absolute atomic E-state index is 0.0140. The quantitative estimate of drug-likeness (QED) is 0.732. The first-order chi connectivity index (χ1) is 6.20. The van der Waals surface area contributed by atoms with Gasteiger partial charge < -0.3 is 9.52 Å². The Bertz CT molecular complexity index is 473. The predicted octanol–water partition coefficient (Wildman–Crippen LogP) is 2.27. The van der Waals surface area contributed by atoms with Crippen LogP contribution in [-0.4, -0.2) is 11.1 Å². The molecular weight excluding hydrogens is 175 g/mol. The molecule has 1 aromatic carbocycles. The van der Waals surface area contributed by atoms with Crippen molar-refractivity contribution < 1.29 is 18.7 Å². The average Bonchev–Trinajstić information content (AvgIpc) is 2.48. The van der Waals surface area contributed by atoms with Gasteiger partial charge in [-0.15, -0.1) is 0 Å². The highest BCUT2D eigenvalue weighted by Crippen LogP contribution is 2.23. The third-order valence-corrected chi connectivity index (χ3v) is 1.78. The van der Waals surface area contributed by atoms with E-state index in [1.54, 1.807) is 0 Å². The molecule has 0 radical (unpaired) electrons. The Balaban J connectivity index is 2.83. The fourth-order valence-electron chi connectivity index (χ4n) is 1.19. The molecule has 0 spiro atoms. The van der Waals surface area contributed by atoms with Gasteiger partial charge in [-0.05, 0) is 6.07 Å². The third kappa shape index (κ3) is 1.07. The SMILES string of the molecule is O=C(O)c1coc2c(F)cccc12. The van der Waals surface area contributed by atoms with Crippen molar-refractivity contribution in [2.45, 2.75) is 0 Å². The molecule has 66 valence electrons. The summed E-state index contributed by atoms with van der Waals surface area (Å²) in [5, 5.41) is 8.96. The van der Waals surface area contributed by atoms with Crippen molar-refractivity contribution in [2.75, 3.05) is 0 Å². The Labute approximate surface area is 72.4 Å². The molecule has 13 heavy (non-hydrogen) atoms. The summed E-state index contributed by atoms with van der Waals surface area (Å²) in [4.78, 5) is 10.6. The van der Waals surface area contributed by atoms with Gasteiger partial charge in [-0.2, -0.15) is 0 Å². The van der Waals surface area contributed by atoms with Crippen LogP contribution >= 0.6 is 0 Å². The predicted molar refractivity (Wildman–Crippen MR) is 43.1 cm³/mol. The number of carboxylic acid groups (broad SMARTS) is 1. The molecule has 1 aromatic heterocycles. The monoisotopic (exact) mass is 180 g/mol. The molecule has 2 rings (SSSR count). The maximum atomic E-state index is 13.0. The van der Waals surface area contributed by atoms with Gasteiger partial charge in [-0.1, -0.05) is 12.1 Å². The zero-order valence-electron chi connectivity index (χ0n) is 6.45. The second-order valence-electron chi connectivity index (χ2n) is 2.57. The Morgan fingerprint density at radius 1 is 1.46 bits per heavy atom. The number of para-hydroxylation sites is 1. The average molecular weight is 180 g/mol. The number of carboxylic acids is 1. The van der Waals surface area contributed by atoms with Crippen LogP contribution in [0.5, 0.6) is 0 Å². The van der Waals surface area contributed by atoms with E-state index in [1.165, 1.54) is 18.2 Å². The molecule has 0 aliphatic carbocycles. The molecule has 1 heterocycles. The highest BCUT2D eigenvalue weighted by Gasteiger charge is 2.14. The zero-order valence-corrected chi connectivity index (χ0v) is 6.45. The van der Waals surface area contributed by atoms with Crippen molar-refractivity contribution in [1.82, 2.24) is 0 Å². The molecule has 3 nitrogen and oxygen atoms in total. The summed E-state index contributed by atoms with van der Waals surface area (Å²) >= 11 is 0. The minimum Gasteiger partial charge on any atom is -0.478 e. The van der Waals surface area contributed by atoms with Gasteiger partial charge in [-0.25, -0.2) is 9.18 Å². The first-order valence-electron chi connectivity index (χ1n) is 3.59. The molecule has 0 unspecified atom stereocenters. The molecular formula is C9H5FO3. The van der Waals surface area contributed by atoms with E-state index in [2.05, 4.69) is 0 Å². The zero-order chi connectivity index (χ0) is 9.42. The van der Waals surface area contributed by atoms with Gasteiger partial charge in [-0.3, -0.25) is 0 Å². The number of halogens is 1. The summed E-state index contributed by atoms with van der Waals surface area (Å²) in [7, 11) is 0. The smallest absolute Gasteiger partial charge is 0.339 e. The van der Waals surface area contributed by atoms with E-state index in [0.717, 1.165) is 6.26 Å². The fourth-order valence-corrected chi connectivity index (χ4v) is 1.19. The van der Waals surface area contributed by atoms with Crippen molar-refractivity contribution in [3.63, 3.8) is 0 Å². The number of hydrogen-bond acceptors (Lipinski definition) is 2. The molecule has 0 aliphatic rings. The lowest BCUT2D eigenvalue weighted by atomic mass is 10.2. The van der Waals surface area contributed by atoms with Crippen molar-refractivity contribution in [1.29, 1.82) is 0 Å². The van der Waals surface area contributed by atoms with Crippen LogP contribution in [0.15, 0.2) is 28.9 Å². The first-order valence-corrected chi connectivity index (χ1v) is 3.59. The molecule has 4 heteroatoms. The lowest BCUT2D eigenvalue weighted by Gasteiger charge is -1.90. The van der Waals surface area contributed by atoms with Crippen molar-refractivity contribution in [2.24, 2.45) is 0 Å². The summed E-state index contributed by atoms with van der Waals surface area (Å²) < 4.78 is 17.8. The molecule has 0 saturated heterocycles. The number of hydrogen-bond donors (Lipinski definition) is 1. The van der Waals surface area contributed by atoms with E-state index in [9.17, 15) is 9.18 Å². The van der Waals surface area contributed by atoms with Crippen LogP contribution in [0.3, 0.4) is 0 Å². The lowest BCUT2D eigenvalue weighted by molar-refractivity contribution is 0.0698. The Hall–Kier alpha value is -1.84. The Morgan fingerprint density at radius 2 is 2.23 bits per heavy atom. The summed E-state index contributed by atoms with van der Waals surface area (Å²) in [6.45, 7) is 0. The van der Waals surface area contributed by atoms with E-state index in [4.69, 9.17) is 9.52 Å². The highest BCUT2D eigenvalue weighted by molar-refractivity contribution is 6.02. The van der Waals surface area contributed by atoms with Crippen molar-refractivity contribution >= 4 is 16.9 Å². The van der Waals surface area contributed by atoms with Crippen LogP contribution in [-0.2, 0) is 0 Å². The maximum Gasteiger partial charge on any atom is 0.339 e. The molecule has 0 bridgehead atoms. The topological polar surface area (TPSA) is 50.4 Å². The van der Waals surface area contributed by atoms with Crippen LogP contribution in [0.1, 0.15) is 10.4 Å². The lowest BCUT2D eigenvalue weighted by Crippen LogP contribution is -1.93. The van der Waals surface area contributed by atoms with Crippen molar-refractivity contribution in [3.05, 3.63) is 35.8 Å². The van der Waals surface area contributed by atoms with Gasteiger partial charge in [0, 0.05) is 5.39 Å². The maximum absolute atomic E-state index is 13.0. The van der Waals surface area contributed by atoms with Crippen LogP contribution in [0.2, 0.25) is 0 Å². The number of furan rings is 1. The van der Waals surface area contributed by atoms with Gasteiger partial charge in [0.1, 0.15) is 11.8 Å². The van der Waals surface area contributed by atoms with E-state index >= 15 is 0 Å². The fraction of sp³-hybridized carbons (Fsp3) is 0. The summed E-state index contributed by atoms with van der Waals surface area (Å²) in [5.74, 6) is -1.67. The third-order valence-electron chi connectivity index (χ3n) is 1.78. The van der Waals surface area contributed by atoms with Crippen LogP contribution < -0.4 is 0 Å². The van der Waals surface area contributed by atoms with Gasteiger partial charge in [0.2, 0.25) is 0 Å². The number of rotatable bonds is 1. The molecule has 0 aliphatic heterocycles. The molecule has 0 fully saturated rings. The minimum atomic E-state index is -1.12. The van der Waals surface area contributed by atoms with Gasteiger partial charge >= 0.3 is 5.97 Å². The highest BCUT2D eigenvalue weighted by atomic mass is 19.1. The number of aromatic carboxylic acids is 1. The Morgan fingerprint density at radius 3 is 2.92 bits per heavy atom. The summed E-state index contributed by atoms with van der Waals surface area (Å²) in [5.41, 5.74) is -0.0330. The number of benzene rings is 1. The van der Waals surface area contributed by atoms with Gasteiger partial charge in [0.05, 0.1) is 0 Å². The van der Waals surface area contributed by atoms with Gasteiger partial charge in [0.15, 0.2) is 11.4 Å². The second kappa shape index (κ2) is 2.58. The number of fused-ring (bicyclic) bond motifs is 1. The summed E-state index contributed by atoms with van der Waals surface area (Å²) in [6.07, 6.45) is 1.04. The first kappa shape index (κ1) is 7.79. The molecule has 2 aromatic rings. The van der Waals surface area contributed by atoms with E-state index < -0.39 is 11.8 Å². The van der Waals surface area contributed by atoms with Crippen molar-refractivity contribution in [3.8, 4) is 0 Å². The van der Waals surface area contributed by atoms with E-state index in [1.807, 2.05) is 0 Å². The normalized spacial score (nSPS) is 10.5. The molecule has 0 saturated carbocycles. The summed E-state index contributed by atoms with van der Waals surface area (Å²) in [6, 6.07) is 4.17. The standard InChI is InChI=1S/C9H5FO3/c10-7-3-1-2-5-6(9(11)12)4-13-8(5)7/h1-4H,(H,11,12). The number of carbonyl (C=O) groups is 1.